The molecule has 2 aromatic rings. The van der Waals surface area contributed by atoms with Gasteiger partial charge < -0.3 is 9.63 Å². The van der Waals surface area contributed by atoms with Gasteiger partial charge in [0.2, 0.25) is 11.7 Å². The lowest BCUT2D eigenvalue weighted by Gasteiger charge is -2.00. The molecule has 8 heteroatoms. The number of carboxylic acids is 1. The fraction of sp³-hybridized carbons (Fsp3) is 0.308. The third kappa shape index (κ3) is 2.35. The second-order valence-corrected chi connectivity index (χ2v) is 5.00. The van der Waals surface area contributed by atoms with Crippen molar-refractivity contribution in [3.05, 3.63) is 39.8 Å². The summed E-state index contributed by atoms with van der Waals surface area (Å²) in [6, 6.07) is 4.40. The summed E-state index contributed by atoms with van der Waals surface area (Å²) < 4.78 is 5.08. The van der Waals surface area contributed by atoms with Gasteiger partial charge in [0.1, 0.15) is 0 Å². The standard InChI is InChI=1S/C13H11N3O5/c1-6-2-3-7(16(19)20)4-8(6)11-14-12(21-15-11)9-5-10(9)13(17)18/h2-4,9-10H,5H2,1H3,(H,17,18). The second kappa shape index (κ2) is 4.65. The number of nitro groups is 1. The van der Waals surface area contributed by atoms with E-state index >= 15 is 0 Å². The molecule has 2 unspecified atom stereocenters. The Balaban J connectivity index is 1.92. The third-order valence-corrected chi connectivity index (χ3v) is 3.54. The number of benzene rings is 1. The van der Waals surface area contributed by atoms with E-state index in [9.17, 15) is 14.9 Å². The first kappa shape index (κ1) is 13.2. The Labute approximate surface area is 118 Å². The maximum absolute atomic E-state index is 10.8. The van der Waals surface area contributed by atoms with E-state index in [4.69, 9.17) is 9.63 Å². The molecule has 0 bridgehead atoms. The van der Waals surface area contributed by atoms with E-state index in [1.165, 1.54) is 12.1 Å². The number of non-ortho nitro benzene ring substituents is 1. The van der Waals surface area contributed by atoms with E-state index in [2.05, 4.69) is 10.1 Å². The average Bonchev–Trinajstić information content (AvgIpc) is 3.10. The van der Waals surface area contributed by atoms with Crippen molar-refractivity contribution in [1.82, 2.24) is 10.1 Å². The number of aryl methyl sites for hydroxylation is 1. The Bertz CT molecular complexity index is 739. The number of hydrogen-bond donors (Lipinski definition) is 1. The van der Waals surface area contributed by atoms with E-state index in [1.807, 2.05) is 0 Å². The summed E-state index contributed by atoms with van der Waals surface area (Å²) in [6.07, 6.45) is 0.477. The molecule has 1 aromatic heterocycles. The van der Waals surface area contributed by atoms with Gasteiger partial charge in [0.15, 0.2) is 0 Å². The summed E-state index contributed by atoms with van der Waals surface area (Å²) in [5, 5.41) is 23.5. The number of hydrogen-bond acceptors (Lipinski definition) is 6. The van der Waals surface area contributed by atoms with Gasteiger partial charge in [-0.2, -0.15) is 4.98 Å². The summed E-state index contributed by atoms with van der Waals surface area (Å²) >= 11 is 0. The summed E-state index contributed by atoms with van der Waals surface area (Å²) in [5.41, 5.74) is 1.22. The lowest BCUT2D eigenvalue weighted by atomic mass is 10.1. The number of carbonyl (C=O) groups is 1. The predicted octanol–water partition coefficient (Wildman–Crippen LogP) is 2.14. The van der Waals surface area contributed by atoms with Gasteiger partial charge in [0, 0.05) is 17.7 Å². The quantitative estimate of drug-likeness (QED) is 0.676. The number of aliphatic carboxylic acids is 1. The van der Waals surface area contributed by atoms with E-state index in [0.29, 0.717) is 12.0 Å². The summed E-state index contributed by atoms with van der Waals surface area (Å²) in [7, 11) is 0. The van der Waals surface area contributed by atoms with Crippen LogP contribution in [0.2, 0.25) is 0 Å². The van der Waals surface area contributed by atoms with Gasteiger partial charge in [-0.25, -0.2) is 0 Å². The average molecular weight is 289 g/mol. The highest BCUT2D eigenvalue weighted by Gasteiger charge is 2.48. The van der Waals surface area contributed by atoms with Gasteiger partial charge in [0.05, 0.1) is 16.8 Å². The van der Waals surface area contributed by atoms with Crippen LogP contribution in [0, 0.1) is 23.0 Å². The second-order valence-electron chi connectivity index (χ2n) is 5.00. The molecule has 0 saturated heterocycles. The van der Waals surface area contributed by atoms with E-state index in [1.54, 1.807) is 13.0 Å². The Morgan fingerprint density at radius 1 is 1.52 bits per heavy atom. The van der Waals surface area contributed by atoms with Crippen molar-refractivity contribution in [2.24, 2.45) is 5.92 Å². The van der Waals surface area contributed by atoms with Crippen molar-refractivity contribution >= 4 is 11.7 Å². The molecule has 21 heavy (non-hydrogen) atoms. The molecule has 3 rings (SSSR count). The molecule has 2 atom stereocenters. The molecule has 1 N–H and O–H groups in total. The van der Waals surface area contributed by atoms with Crippen LogP contribution in [-0.4, -0.2) is 26.1 Å². The normalized spacial score (nSPS) is 20.2. The number of carboxylic acid groups (broad SMARTS) is 1. The molecule has 8 nitrogen and oxygen atoms in total. The zero-order valence-corrected chi connectivity index (χ0v) is 11.0. The third-order valence-electron chi connectivity index (χ3n) is 3.54. The van der Waals surface area contributed by atoms with Crippen molar-refractivity contribution in [3.63, 3.8) is 0 Å². The van der Waals surface area contributed by atoms with Crippen LogP contribution in [0.15, 0.2) is 22.7 Å². The Hall–Kier alpha value is -2.77. The van der Waals surface area contributed by atoms with Gasteiger partial charge in [0.25, 0.3) is 5.69 Å². The smallest absolute Gasteiger partial charge is 0.307 e. The minimum absolute atomic E-state index is 0.0585. The van der Waals surface area contributed by atoms with Crippen LogP contribution in [0.5, 0.6) is 0 Å². The number of nitrogens with zero attached hydrogens (tertiary/aromatic N) is 3. The van der Waals surface area contributed by atoms with E-state index < -0.39 is 16.8 Å². The monoisotopic (exact) mass is 289 g/mol. The van der Waals surface area contributed by atoms with Crippen LogP contribution >= 0.6 is 0 Å². The first-order valence-electron chi connectivity index (χ1n) is 6.29. The molecule has 1 saturated carbocycles. The van der Waals surface area contributed by atoms with Crippen molar-refractivity contribution < 1.29 is 19.3 Å². The highest BCUT2D eigenvalue weighted by molar-refractivity contribution is 5.74. The van der Waals surface area contributed by atoms with Crippen LogP contribution in [0.1, 0.15) is 23.8 Å². The lowest BCUT2D eigenvalue weighted by molar-refractivity contribution is -0.384. The van der Waals surface area contributed by atoms with E-state index in [-0.39, 0.29) is 23.3 Å². The largest absolute Gasteiger partial charge is 0.481 e. The molecule has 1 aliphatic carbocycles. The zero-order valence-electron chi connectivity index (χ0n) is 11.0. The zero-order chi connectivity index (χ0) is 15.1. The summed E-state index contributed by atoms with van der Waals surface area (Å²) in [6.45, 7) is 1.78. The van der Waals surface area contributed by atoms with E-state index in [0.717, 1.165) is 5.56 Å². The number of nitro benzene ring substituents is 1. The molecular formula is C13H11N3O5. The minimum Gasteiger partial charge on any atom is -0.481 e. The minimum atomic E-state index is -0.883. The summed E-state index contributed by atoms with van der Waals surface area (Å²) in [4.78, 5) is 25.3. The van der Waals surface area contributed by atoms with Crippen molar-refractivity contribution in [2.45, 2.75) is 19.3 Å². The SMILES string of the molecule is Cc1ccc([N+](=O)[O-])cc1-c1noc(C2CC2C(=O)O)n1. The van der Waals surface area contributed by atoms with Crippen LogP contribution in [0.4, 0.5) is 5.69 Å². The molecule has 0 radical (unpaired) electrons. The fourth-order valence-corrected chi connectivity index (χ4v) is 2.20. The van der Waals surface area contributed by atoms with Gasteiger partial charge in [-0.1, -0.05) is 11.2 Å². The van der Waals surface area contributed by atoms with Crippen LogP contribution in [0.25, 0.3) is 11.4 Å². The molecule has 108 valence electrons. The molecule has 1 aliphatic rings. The maximum atomic E-state index is 10.8. The number of aromatic nitrogens is 2. The Kier molecular flexibility index (Phi) is 2.93. The molecule has 1 fully saturated rings. The predicted molar refractivity (Wildman–Crippen MR) is 69.6 cm³/mol. The van der Waals surface area contributed by atoms with Crippen LogP contribution < -0.4 is 0 Å². The lowest BCUT2D eigenvalue weighted by Crippen LogP contribution is -1.99. The fourth-order valence-electron chi connectivity index (χ4n) is 2.20. The molecule has 0 aliphatic heterocycles. The van der Waals surface area contributed by atoms with Gasteiger partial charge in [-0.05, 0) is 18.9 Å². The Morgan fingerprint density at radius 2 is 2.29 bits per heavy atom. The van der Waals surface area contributed by atoms with Crippen LogP contribution in [0.3, 0.4) is 0 Å². The Morgan fingerprint density at radius 3 is 2.90 bits per heavy atom. The molecule has 1 heterocycles. The highest BCUT2D eigenvalue weighted by Crippen LogP contribution is 2.47. The number of rotatable bonds is 4. The van der Waals surface area contributed by atoms with Crippen molar-refractivity contribution in [2.75, 3.05) is 0 Å². The maximum Gasteiger partial charge on any atom is 0.307 e. The topological polar surface area (TPSA) is 119 Å². The highest BCUT2D eigenvalue weighted by atomic mass is 16.6. The van der Waals surface area contributed by atoms with Gasteiger partial charge in [-0.3, -0.25) is 14.9 Å². The molecular weight excluding hydrogens is 278 g/mol. The first-order chi connectivity index (χ1) is 9.97. The molecule has 0 spiro atoms. The van der Waals surface area contributed by atoms with Gasteiger partial charge in [-0.15, -0.1) is 0 Å². The van der Waals surface area contributed by atoms with Crippen molar-refractivity contribution in [3.8, 4) is 11.4 Å². The summed E-state index contributed by atoms with van der Waals surface area (Å²) in [5.74, 6) is -1.12. The first-order valence-corrected chi connectivity index (χ1v) is 6.29. The van der Waals surface area contributed by atoms with Crippen molar-refractivity contribution in [1.29, 1.82) is 0 Å². The van der Waals surface area contributed by atoms with Crippen LogP contribution in [-0.2, 0) is 4.79 Å². The molecule has 1 aromatic carbocycles. The van der Waals surface area contributed by atoms with Gasteiger partial charge >= 0.3 is 5.97 Å². The molecule has 0 amide bonds.